The van der Waals surface area contributed by atoms with Crippen molar-refractivity contribution < 1.29 is 53.6 Å². The van der Waals surface area contributed by atoms with Gasteiger partial charge in [0, 0.05) is 37.5 Å². The number of cyclic esters (lactones) is 1. The van der Waals surface area contributed by atoms with Crippen LogP contribution in [0, 0.1) is 29.6 Å². The van der Waals surface area contributed by atoms with E-state index < -0.39 is 96.3 Å². The third kappa shape index (κ3) is 9.57. The van der Waals surface area contributed by atoms with Crippen LogP contribution in [0.15, 0.2) is 0 Å². The number of carbonyl (C=O) groups excluding carboxylic acids is 1. The molecule has 3 aliphatic heterocycles. The molecule has 0 saturated carbocycles. The van der Waals surface area contributed by atoms with Crippen molar-refractivity contribution in [2.75, 3.05) is 21.2 Å². The number of ether oxygens (including phenoxy) is 6. The number of rotatable bonds is 7. The molecule has 0 bridgehead atoms. The lowest BCUT2D eigenvalue weighted by Gasteiger charge is -2.49. The van der Waals surface area contributed by atoms with Crippen molar-refractivity contribution in [1.29, 1.82) is 0 Å². The van der Waals surface area contributed by atoms with Crippen LogP contribution in [-0.2, 0) is 33.2 Å². The number of hydrogen-bond acceptors (Lipinski definition) is 13. The maximum Gasteiger partial charge on any atom is 0.311 e. The number of methoxy groups -OCH3 is 1. The third-order valence-corrected chi connectivity index (χ3v) is 12.1. The van der Waals surface area contributed by atoms with Crippen LogP contribution in [0.3, 0.4) is 0 Å². The van der Waals surface area contributed by atoms with Gasteiger partial charge in [-0.15, -0.1) is 0 Å². The fraction of sp³-hybridized carbons (Fsp3) is 0.973. The Morgan fingerprint density at radius 1 is 0.920 bits per heavy atom. The fourth-order valence-corrected chi connectivity index (χ4v) is 8.58. The van der Waals surface area contributed by atoms with Crippen molar-refractivity contribution in [2.45, 2.75) is 180 Å². The zero-order chi connectivity index (χ0) is 38.0. The van der Waals surface area contributed by atoms with Gasteiger partial charge < -0.3 is 59.5 Å². The standard InChI is InChI=1S/C37H70N2O11/c1-14-26-20(4)29(40)21(5)28(38)18(2)16-36(9,44)33(50-35-30(41)25(39(11)12)15-19(3)46-35)22(6)31(23(7)34(43)48-26)49-27-17-37(10,45-13)32(42)24(8)47-27/h18-33,35,40-42,44H,14-17,38H2,1-13H3/t18-,19?,20+,21+,22+,23-,24?,25?,26-,27?,28-,29+,30?,31+,32?,33-,35?,36-,37?/m1/s1. The van der Waals surface area contributed by atoms with Crippen LogP contribution in [0.4, 0.5) is 0 Å². The van der Waals surface area contributed by atoms with Gasteiger partial charge in [-0.1, -0.05) is 34.6 Å². The monoisotopic (exact) mass is 718 g/mol. The highest BCUT2D eigenvalue weighted by Gasteiger charge is 2.52. The summed E-state index contributed by atoms with van der Waals surface area (Å²) < 4.78 is 37.6. The highest BCUT2D eigenvalue weighted by molar-refractivity contribution is 5.73. The summed E-state index contributed by atoms with van der Waals surface area (Å²) in [7, 11) is 5.30. The third-order valence-electron chi connectivity index (χ3n) is 12.1. The molecule has 3 saturated heterocycles. The summed E-state index contributed by atoms with van der Waals surface area (Å²) >= 11 is 0. The Morgan fingerprint density at radius 3 is 2.10 bits per heavy atom. The van der Waals surface area contributed by atoms with Crippen LogP contribution in [0.2, 0.25) is 0 Å². The molecule has 3 fully saturated rings. The number of likely N-dealkylation sites (N-methyl/N-ethyl adjacent to an activating group) is 1. The lowest BCUT2D eigenvalue weighted by molar-refractivity contribution is -0.318. The van der Waals surface area contributed by atoms with Crippen molar-refractivity contribution >= 4 is 5.97 Å². The first-order chi connectivity index (χ1) is 23.1. The second kappa shape index (κ2) is 17.4. The Balaban J connectivity index is 2.15. The zero-order valence-corrected chi connectivity index (χ0v) is 32.8. The van der Waals surface area contributed by atoms with Gasteiger partial charge in [0.25, 0.3) is 0 Å². The minimum absolute atomic E-state index is 0.166. The maximum atomic E-state index is 14.1. The van der Waals surface area contributed by atoms with E-state index in [0.29, 0.717) is 12.8 Å². The van der Waals surface area contributed by atoms with Crippen molar-refractivity contribution in [2.24, 2.45) is 35.3 Å². The molecule has 0 amide bonds. The van der Waals surface area contributed by atoms with Gasteiger partial charge in [-0.2, -0.15) is 0 Å². The van der Waals surface area contributed by atoms with E-state index in [1.54, 1.807) is 27.7 Å². The van der Waals surface area contributed by atoms with E-state index in [4.69, 9.17) is 34.2 Å². The molecule has 0 spiro atoms. The topological polar surface area (TPSA) is 183 Å². The second-order valence-electron chi connectivity index (χ2n) is 16.5. The number of hydrogen-bond donors (Lipinski definition) is 5. The largest absolute Gasteiger partial charge is 0.462 e. The van der Waals surface area contributed by atoms with Crippen LogP contribution in [0.1, 0.15) is 94.9 Å². The van der Waals surface area contributed by atoms with Gasteiger partial charge in [-0.05, 0) is 79.8 Å². The molecule has 3 rings (SSSR count). The highest BCUT2D eigenvalue weighted by atomic mass is 16.7. The molecule has 8 unspecified atom stereocenters. The van der Waals surface area contributed by atoms with E-state index in [1.165, 1.54) is 7.11 Å². The average Bonchev–Trinajstić information content (AvgIpc) is 3.05. The van der Waals surface area contributed by atoms with Gasteiger partial charge in [0.1, 0.15) is 18.3 Å². The van der Waals surface area contributed by atoms with Crippen molar-refractivity contribution in [3.05, 3.63) is 0 Å². The molecule has 50 heavy (non-hydrogen) atoms. The number of aliphatic hydroxyl groups excluding tert-OH is 3. The normalized spacial score (nSPS) is 50.5. The van der Waals surface area contributed by atoms with Gasteiger partial charge in [0.05, 0.1) is 47.6 Å². The number of nitrogens with zero attached hydrogens (tertiary/aromatic N) is 1. The first kappa shape index (κ1) is 43.4. The molecule has 0 aromatic rings. The van der Waals surface area contributed by atoms with Crippen LogP contribution in [-0.4, -0.2) is 137 Å². The second-order valence-corrected chi connectivity index (χ2v) is 16.5. The van der Waals surface area contributed by atoms with Crippen LogP contribution in [0.25, 0.3) is 0 Å². The Labute approximate surface area is 300 Å². The first-order valence-corrected chi connectivity index (χ1v) is 18.7. The number of carbonyl (C=O) groups is 1. The van der Waals surface area contributed by atoms with E-state index in [2.05, 4.69) is 0 Å². The van der Waals surface area contributed by atoms with Crippen molar-refractivity contribution in [3.63, 3.8) is 0 Å². The van der Waals surface area contributed by atoms with E-state index in [1.807, 2.05) is 60.5 Å². The summed E-state index contributed by atoms with van der Waals surface area (Å²) in [5, 5.41) is 46.3. The Morgan fingerprint density at radius 2 is 1.54 bits per heavy atom. The molecule has 13 nitrogen and oxygen atoms in total. The summed E-state index contributed by atoms with van der Waals surface area (Å²) in [6.07, 6.45) is -6.88. The van der Waals surface area contributed by atoms with Gasteiger partial charge >= 0.3 is 5.97 Å². The van der Waals surface area contributed by atoms with E-state index in [9.17, 15) is 25.2 Å². The average molecular weight is 719 g/mol. The van der Waals surface area contributed by atoms with Gasteiger partial charge in [0.2, 0.25) is 0 Å². The predicted molar refractivity (Wildman–Crippen MR) is 188 cm³/mol. The maximum absolute atomic E-state index is 14.1. The Hall–Kier alpha value is -0.970. The smallest absolute Gasteiger partial charge is 0.311 e. The summed E-state index contributed by atoms with van der Waals surface area (Å²) in [5.41, 5.74) is 4.22. The molecule has 13 heteroatoms. The molecular formula is C37H70N2O11. The zero-order valence-electron chi connectivity index (χ0n) is 32.8. The van der Waals surface area contributed by atoms with E-state index in [-0.39, 0.29) is 36.8 Å². The highest BCUT2D eigenvalue weighted by Crippen LogP contribution is 2.40. The summed E-state index contributed by atoms with van der Waals surface area (Å²) in [5.74, 6) is -3.20. The number of nitrogens with two attached hydrogens (primary N) is 1. The van der Waals surface area contributed by atoms with Crippen molar-refractivity contribution in [3.8, 4) is 0 Å². The van der Waals surface area contributed by atoms with Gasteiger partial charge in [0.15, 0.2) is 12.6 Å². The summed E-state index contributed by atoms with van der Waals surface area (Å²) in [4.78, 5) is 16.0. The molecule has 6 N–H and O–H groups in total. The Kier molecular flexibility index (Phi) is 15.2. The minimum atomic E-state index is -1.58. The van der Waals surface area contributed by atoms with Crippen LogP contribution in [0.5, 0.6) is 0 Å². The lowest BCUT2D eigenvalue weighted by atomic mass is 9.73. The minimum Gasteiger partial charge on any atom is -0.462 e. The van der Waals surface area contributed by atoms with Crippen molar-refractivity contribution in [1.82, 2.24) is 4.90 Å². The predicted octanol–water partition coefficient (Wildman–Crippen LogP) is 2.43. The van der Waals surface area contributed by atoms with Gasteiger partial charge in [-0.3, -0.25) is 4.79 Å². The first-order valence-electron chi connectivity index (χ1n) is 18.7. The molecule has 19 atom stereocenters. The van der Waals surface area contributed by atoms with E-state index in [0.717, 1.165) is 0 Å². The molecule has 0 radical (unpaired) electrons. The molecule has 0 aromatic carbocycles. The SMILES string of the molecule is CC[C@H]1OC(=O)[C@H](C)[C@@H](OC2CC(C)(OC)C(O)C(C)O2)[C@H](C)[C@@H](OC2OC(C)CC(N(C)C)C2O)[C@](C)(O)C[C@@H](C)[C@@H](N)[C@H](C)[C@@H](O)[C@H]1C. The summed E-state index contributed by atoms with van der Waals surface area (Å²) in [6, 6.07) is -0.775. The molecule has 294 valence electrons. The number of aliphatic hydroxyl groups is 4. The molecule has 3 aliphatic rings. The molecular weight excluding hydrogens is 648 g/mol. The molecule has 0 aliphatic carbocycles. The van der Waals surface area contributed by atoms with Gasteiger partial charge in [-0.25, -0.2) is 0 Å². The summed E-state index contributed by atoms with van der Waals surface area (Å²) in [6.45, 7) is 18.2. The molecule has 3 heterocycles. The lowest BCUT2D eigenvalue weighted by Crippen LogP contribution is -2.61. The van der Waals surface area contributed by atoms with E-state index >= 15 is 0 Å². The fourth-order valence-electron chi connectivity index (χ4n) is 8.58. The van der Waals surface area contributed by atoms with Crippen LogP contribution < -0.4 is 5.73 Å². The molecule has 0 aromatic heterocycles. The van der Waals surface area contributed by atoms with Crippen LogP contribution >= 0.6 is 0 Å². The number of esters is 1. The quantitative estimate of drug-likeness (QED) is 0.242. The Bertz CT molecular complexity index is 1080.